The predicted octanol–water partition coefficient (Wildman–Crippen LogP) is 4.98. The molecule has 2 aromatic carbocycles. The van der Waals surface area contributed by atoms with Gasteiger partial charge in [0, 0.05) is 6.54 Å². The average Bonchev–Trinajstić information content (AvgIpc) is 3.66. The highest BCUT2D eigenvalue weighted by molar-refractivity contribution is 7.11. The minimum Gasteiger partial charge on any atom is -0.484 e. The number of carbonyl (C=O) groups excluding carboxylic acids is 4. The molecule has 0 radical (unpaired) electrons. The highest BCUT2D eigenvalue weighted by Gasteiger charge is 2.36. The fourth-order valence-electron chi connectivity index (χ4n) is 5.90. The summed E-state index contributed by atoms with van der Waals surface area (Å²) in [5.41, 5.74) is 4.95. The van der Waals surface area contributed by atoms with Crippen molar-refractivity contribution in [1.29, 1.82) is 0 Å². The summed E-state index contributed by atoms with van der Waals surface area (Å²) in [4.78, 5) is 56.7. The Bertz CT molecular complexity index is 1550. The van der Waals surface area contributed by atoms with Crippen molar-refractivity contribution in [3.8, 4) is 5.75 Å². The van der Waals surface area contributed by atoms with Crippen LogP contribution in [0.3, 0.4) is 0 Å². The predicted molar refractivity (Wildman–Crippen MR) is 166 cm³/mol. The van der Waals surface area contributed by atoms with Gasteiger partial charge in [-0.15, -0.1) is 11.3 Å². The summed E-state index contributed by atoms with van der Waals surface area (Å²) in [6, 6.07) is 14.7. The quantitative estimate of drug-likeness (QED) is 0.311. The van der Waals surface area contributed by atoms with Gasteiger partial charge in [0.05, 0.1) is 41.7 Å². The smallest absolute Gasteiger partial charge is 0.338 e. The van der Waals surface area contributed by atoms with Crippen LogP contribution >= 0.6 is 11.3 Å². The number of cyclic esters (lactones) is 1. The summed E-state index contributed by atoms with van der Waals surface area (Å²) in [6.07, 6.45) is 2.96. The van der Waals surface area contributed by atoms with E-state index in [-0.39, 0.29) is 36.9 Å². The van der Waals surface area contributed by atoms with E-state index in [1.54, 1.807) is 34.7 Å². The van der Waals surface area contributed by atoms with Gasteiger partial charge in [-0.1, -0.05) is 24.3 Å². The Morgan fingerprint density at radius 3 is 2.47 bits per heavy atom. The molecule has 0 bridgehead atoms. The van der Waals surface area contributed by atoms with Crippen LogP contribution in [-0.2, 0) is 19.1 Å². The fraction of sp³-hybridized carbons (Fsp3) is 0.441. The molecule has 1 N–H and O–H groups in total. The van der Waals surface area contributed by atoms with Gasteiger partial charge in [-0.25, -0.2) is 9.78 Å². The molecule has 0 spiro atoms. The van der Waals surface area contributed by atoms with Crippen LogP contribution < -0.4 is 10.1 Å². The molecule has 3 heterocycles. The summed E-state index contributed by atoms with van der Waals surface area (Å²) >= 11 is 1.30. The van der Waals surface area contributed by atoms with E-state index in [2.05, 4.69) is 34.6 Å². The van der Waals surface area contributed by atoms with Gasteiger partial charge in [-0.3, -0.25) is 14.4 Å². The Balaban J connectivity index is 1.10. The first-order valence-corrected chi connectivity index (χ1v) is 16.4. The second-order valence-corrected chi connectivity index (χ2v) is 12.9. The number of esters is 2. The average molecular weight is 632 g/mol. The highest BCUT2D eigenvalue weighted by Crippen LogP contribution is 2.40. The van der Waals surface area contributed by atoms with Crippen LogP contribution in [0, 0.1) is 12.8 Å². The van der Waals surface area contributed by atoms with Gasteiger partial charge in [0.15, 0.2) is 0 Å². The number of nitrogens with one attached hydrogen (secondary N) is 1. The fourth-order valence-corrected chi connectivity index (χ4v) is 6.61. The molecule has 236 valence electrons. The molecule has 2 amide bonds. The monoisotopic (exact) mass is 631 g/mol. The first kappa shape index (κ1) is 30.8. The Morgan fingerprint density at radius 1 is 1.07 bits per heavy atom. The lowest BCUT2D eigenvalue weighted by atomic mass is 10.00. The van der Waals surface area contributed by atoms with E-state index in [4.69, 9.17) is 14.2 Å². The summed E-state index contributed by atoms with van der Waals surface area (Å²) in [7, 11) is 0. The molecule has 1 aliphatic carbocycles. The van der Waals surface area contributed by atoms with E-state index >= 15 is 0 Å². The molecule has 2 saturated heterocycles. The lowest BCUT2D eigenvalue weighted by Gasteiger charge is -2.33. The van der Waals surface area contributed by atoms with Crippen LogP contribution in [0.15, 0.2) is 54.0 Å². The zero-order chi connectivity index (χ0) is 31.5. The SMILES string of the molecule is Cc1ncsc1C(=O)N[C@@H](C)[C@@H](Oc1ccc(C(=O)O[C@H]2CCCN(C(=O)[C@H]3COC(=O)C3)C2)cc1)c1ccc(C2CC2)cc1. The topological polar surface area (TPSA) is 124 Å². The third-order valence-electron chi connectivity index (χ3n) is 8.60. The zero-order valence-corrected chi connectivity index (χ0v) is 26.2. The molecule has 0 unspecified atom stereocenters. The number of amides is 2. The Morgan fingerprint density at radius 2 is 1.82 bits per heavy atom. The zero-order valence-electron chi connectivity index (χ0n) is 25.4. The molecule has 1 aromatic heterocycles. The molecule has 4 atom stereocenters. The summed E-state index contributed by atoms with van der Waals surface area (Å²) in [5, 5.41) is 3.08. The van der Waals surface area contributed by atoms with Gasteiger partial charge in [-0.2, -0.15) is 0 Å². The van der Waals surface area contributed by atoms with Crippen molar-refractivity contribution < 1.29 is 33.4 Å². The van der Waals surface area contributed by atoms with Crippen LogP contribution in [0.25, 0.3) is 0 Å². The van der Waals surface area contributed by atoms with Gasteiger partial charge in [0.25, 0.3) is 5.91 Å². The highest BCUT2D eigenvalue weighted by atomic mass is 32.1. The molecular weight excluding hydrogens is 594 g/mol. The minimum atomic E-state index is -0.487. The number of piperidine rings is 1. The van der Waals surface area contributed by atoms with Crippen molar-refractivity contribution >= 4 is 35.1 Å². The normalized spacial score (nSPS) is 21.0. The Labute approximate surface area is 266 Å². The van der Waals surface area contributed by atoms with Crippen molar-refractivity contribution in [2.75, 3.05) is 19.7 Å². The number of ether oxygens (including phenoxy) is 3. The van der Waals surface area contributed by atoms with Crippen molar-refractivity contribution in [1.82, 2.24) is 15.2 Å². The van der Waals surface area contributed by atoms with Gasteiger partial charge < -0.3 is 24.4 Å². The van der Waals surface area contributed by atoms with Gasteiger partial charge in [-0.05, 0) is 80.8 Å². The second-order valence-electron chi connectivity index (χ2n) is 12.1. The van der Waals surface area contributed by atoms with E-state index < -0.39 is 24.1 Å². The number of hydrogen-bond donors (Lipinski definition) is 1. The van der Waals surface area contributed by atoms with E-state index in [0.29, 0.717) is 53.7 Å². The van der Waals surface area contributed by atoms with Crippen LogP contribution in [0.4, 0.5) is 0 Å². The van der Waals surface area contributed by atoms with Crippen LogP contribution in [-0.4, -0.2) is 65.5 Å². The number of aryl methyl sites for hydroxylation is 1. The minimum absolute atomic E-state index is 0.0950. The maximum atomic E-state index is 13.0. The number of rotatable bonds is 10. The van der Waals surface area contributed by atoms with E-state index in [9.17, 15) is 19.2 Å². The first-order chi connectivity index (χ1) is 21.7. The lowest BCUT2D eigenvalue weighted by molar-refractivity contribution is -0.139. The van der Waals surface area contributed by atoms with Crippen molar-refractivity contribution in [3.05, 3.63) is 81.3 Å². The van der Waals surface area contributed by atoms with E-state index in [0.717, 1.165) is 5.56 Å². The van der Waals surface area contributed by atoms with Crippen molar-refractivity contribution in [2.24, 2.45) is 5.92 Å². The lowest BCUT2D eigenvalue weighted by Crippen LogP contribution is -2.46. The number of benzene rings is 2. The molecule has 3 aromatic rings. The second kappa shape index (κ2) is 13.4. The molecule has 2 aliphatic heterocycles. The van der Waals surface area contributed by atoms with E-state index in [1.165, 1.54) is 29.7 Å². The first-order valence-electron chi connectivity index (χ1n) is 15.5. The van der Waals surface area contributed by atoms with Crippen molar-refractivity contribution in [2.45, 2.75) is 70.1 Å². The number of thiazole rings is 1. The molecule has 3 aliphatic rings. The van der Waals surface area contributed by atoms with E-state index in [1.807, 2.05) is 13.8 Å². The van der Waals surface area contributed by atoms with Gasteiger partial charge in [0.1, 0.15) is 29.4 Å². The molecule has 1 saturated carbocycles. The maximum absolute atomic E-state index is 13.0. The number of aromatic nitrogens is 1. The molecular formula is C34H37N3O7S. The summed E-state index contributed by atoms with van der Waals surface area (Å²) < 4.78 is 17.2. The van der Waals surface area contributed by atoms with Crippen molar-refractivity contribution in [3.63, 3.8) is 0 Å². The third kappa shape index (κ3) is 7.36. The molecule has 6 rings (SSSR count). The molecule has 10 nitrogen and oxygen atoms in total. The molecule has 45 heavy (non-hydrogen) atoms. The van der Waals surface area contributed by atoms with Gasteiger partial charge in [0.2, 0.25) is 5.91 Å². The number of likely N-dealkylation sites (tertiary alicyclic amines) is 1. The molecule has 3 fully saturated rings. The summed E-state index contributed by atoms with van der Waals surface area (Å²) in [6.45, 7) is 4.69. The Kier molecular flexibility index (Phi) is 9.16. The van der Waals surface area contributed by atoms with Crippen LogP contribution in [0.5, 0.6) is 5.75 Å². The van der Waals surface area contributed by atoms with Crippen LogP contribution in [0.1, 0.15) is 87.9 Å². The van der Waals surface area contributed by atoms with Crippen LogP contribution in [0.2, 0.25) is 0 Å². The maximum Gasteiger partial charge on any atom is 0.338 e. The van der Waals surface area contributed by atoms with Gasteiger partial charge >= 0.3 is 11.9 Å². The number of nitrogens with zero attached hydrogens (tertiary/aromatic N) is 2. The standard InChI is InChI=1S/C34H37N3O7S/c1-20(36-32(39)31-21(2)35-19-45-31)30(24-9-7-23(8-10-24)22-5-6-22)43-27-13-11-25(12-14-27)34(41)44-28-4-3-15-37(17-28)33(40)26-16-29(38)42-18-26/h7-14,19-20,22,26,28,30H,3-6,15-18H2,1-2H3,(H,36,39)/t20-,26+,28-,30+/m0/s1. The summed E-state index contributed by atoms with van der Waals surface area (Å²) in [5.74, 6) is -0.462. The number of hydrogen-bond acceptors (Lipinski definition) is 9. The molecule has 11 heteroatoms. The number of carbonyl (C=O) groups is 4. The third-order valence-corrected chi connectivity index (χ3v) is 9.53. The largest absolute Gasteiger partial charge is 0.484 e. The Hall–Kier alpha value is -4.25.